The van der Waals surface area contributed by atoms with Crippen molar-refractivity contribution in [1.29, 1.82) is 0 Å². The third-order valence-electron chi connectivity index (χ3n) is 4.83. The summed E-state index contributed by atoms with van der Waals surface area (Å²) in [6.45, 7) is 3.43. The lowest BCUT2D eigenvalue weighted by atomic mass is 9.99. The number of pyridine rings is 1. The van der Waals surface area contributed by atoms with Crippen LogP contribution in [0.4, 0.5) is 11.5 Å². The number of fused-ring (bicyclic) bond motifs is 1. The topological polar surface area (TPSA) is 80.5 Å². The van der Waals surface area contributed by atoms with E-state index in [2.05, 4.69) is 29.4 Å². The van der Waals surface area contributed by atoms with E-state index < -0.39 is 0 Å². The number of nitrogens with one attached hydrogen (secondary N) is 1. The van der Waals surface area contributed by atoms with Crippen LogP contribution in [0.15, 0.2) is 36.5 Å². The number of carbonyl (C=O) groups is 1. The third-order valence-corrected chi connectivity index (χ3v) is 4.83. The second-order valence-corrected chi connectivity index (χ2v) is 6.64. The van der Waals surface area contributed by atoms with Gasteiger partial charge in [0.15, 0.2) is 0 Å². The van der Waals surface area contributed by atoms with E-state index in [1.165, 1.54) is 11.1 Å². The average molecular weight is 354 g/mol. The van der Waals surface area contributed by atoms with E-state index in [0.717, 1.165) is 31.0 Å². The zero-order chi connectivity index (χ0) is 18.5. The molecule has 2 heterocycles. The monoisotopic (exact) mass is 354 g/mol. The molecular weight excluding hydrogens is 328 g/mol. The van der Waals surface area contributed by atoms with Gasteiger partial charge in [0.25, 0.3) is 0 Å². The number of ether oxygens (including phenoxy) is 1. The molecule has 1 aromatic heterocycles. The summed E-state index contributed by atoms with van der Waals surface area (Å²) in [7, 11) is 1.87. The molecule has 1 aromatic carbocycles. The number of nitrogen functional groups attached to an aromatic ring is 1. The predicted octanol–water partition coefficient (Wildman–Crippen LogP) is 3.01. The summed E-state index contributed by atoms with van der Waals surface area (Å²) in [5, 5.41) is 3.23. The molecule has 0 saturated carbocycles. The van der Waals surface area contributed by atoms with Crippen LogP contribution in [0.25, 0.3) is 0 Å². The number of amides is 1. The van der Waals surface area contributed by atoms with Crippen LogP contribution in [0.2, 0.25) is 0 Å². The van der Waals surface area contributed by atoms with Gasteiger partial charge >= 0.3 is 0 Å². The van der Waals surface area contributed by atoms with Gasteiger partial charge in [-0.25, -0.2) is 4.98 Å². The highest BCUT2D eigenvalue weighted by atomic mass is 16.5. The fraction of sp³-hybridized carbons (Fsp3) is 0.400. The summed E-state index contributed by atoms with van der Waals surface area (Å²) < 4.78 is 5.90. The van der Waals surface area contributed by atoms with Gasteiger partial charge in [-0.1, -0.05) is 6.07 Å². The summed E-state index contributed by atoms with van der Waals surface area (Å²) in [5.74, 6) is 1.81. The Balaban J connectivity index is 1.52. The largest absolute Gasteiger partial charge is 0.494 e. The van der Waals surface area contributed by atoms with E-state index in [1.807, 2.05) is 24.1 Å². The van der Waals surface area contributed by atoms with Crippen molar-refractivity contribution in [1.82, 2.24) is 9.88 Å². The number of aryl methyl sites for hydroxylation is 1. The number of carbonyl (C=O) groups excluding carboxylic acids is 1. The second kappa shape index (κ2) is 8.08. The smallest absolute Gasteiger partial charge is 0.223 e. The molecule has 1 atom stereocenters. The number of aromatic nitrogens is 1. The van der Waals surface area contributed by atoms with Crippen LogP contribution >= 0.6 is 0 Å². The van der Waals surface area contributed by atoms with Gasteiger partial charge in [-0.3, -0.25) is 4.79 Å². The van der Waals surface area contributed by atoms with E-state index in [9.17, 15) is 4.79 Å². The molecule has 1 unspecified atom stereocenters. The number of anilines is 2. The SMILES string of the molecule is CC1c2cc(OCCCNc3cc(N)ccn3)ccc2CCC(=O)N1C. The van der Waals surface area contributed by atoms with Gasteiger partial charge in [-0.2, -0.15) is 0 Å². The average Bonchev–Trinajstić information content (AvgIpc) is 2.74. The van der Waals surface area contributed by atoms with Crippen molar-refractivity contribution in [3.63, 3.8) is 0 Å². The molecule has 0 spiro atoms. The molecule has 1 amide bonds. The van der Waals surface area contributed by atoms with E-state index in [1.54, 1.807) is 12.3 Å². The molecule has 0 saturated heterocycles. The number of hydrogen-bond acceptors (Lipinski definition) is 5. The number of nitrogens with zero attached hydrogens (tertiary/aromatic N) is 2. The first-order valence-corrected chi connectivity index (χ1v) is 9.01. The summed E-state index contributed by atoms with van der Waals surface area (Å²) in [6, 6.07) is 9.80. The van der Waals surface area contributed by atoms with Gasteiger partial charge in [0.2, 0.25) is 5.91 Å². The van der Waals surface area contributed by atoms with Crippen molar-refractivity contribution in [3.8, 4) is 5.75 Å². The highest BCUT2D eigenvalue weighted by Crippen LogP contribution is 2.31. The molecule has 0 bridgehead atoms. The quantitative estimate of drug-likeness (QED) is 0.780. The molecule has 26 heavy (non-hydrogen) atoms. The van der Waals surface area contributed by atoms with E-state index in [0.29, 0.717) is 18.7 Å². The number of benzene rings is 1. The van der Waals surface area contributed by atoms with Crippen LogP contribution in [0.3, 0.4) is 0 Å². The maximum atomic E-state index is 12.0. The van der Waals surface area contributed by atoms with Crippen LogP contribution in [0.5, 0.6) is 5.75 Å². The molecule has 1 aliphatic rings. The second-order valence-electron chi connectivity index (χ2n) is 6.64. The normalized spacial score (nSPS) is 16.8. The van der Waals surface area contributed by atoms with Crippen LogP contribution in [0, 0.1) is 0 Å². The minimum absolute atomic E-state index is 0.0693. The standard InChI is InChI=1S/C20H26N4O2/c1-14-18-13-17(6-4-15(18)5-7-20(25)24(14)2)26-11-3-9-22-19-12-16(21)8-10-23-19/h4,6,8,10,12-14H,3,5,7,9,11H2,1-2H3,(H3,21,22,23). The van der Waals surface area contributed by atoms with E-state index in [4.69, 9.17) is 10.5 Å². The Morgan fingerprint density at radius 1 is 1.31 bits per heavy atom. The lowest BCUT2D eigenvalue weighted by Gasteiger charge is -2.24. The van der Waals surface area contributed by atoms with Gasteiger partial charge in [-0.15, -0.1) is 0 Å². The van der Waals surface area contributed by atoms with Gasteiger partial charge in [0, 0.05) is 38.0 Å². The highest BCUT2D eigenvalue weighted by molar-refractivity contribution is 5.77. The Morgan fingerprint density at radius 2 is 2.15 bits per heavy atom. The van der Waals surface area contributed by atoms with Gasteiger partial charge < -0.3 is 20.7 Å². The van der Waals surface area contributed by atoms with Crippen LogP contribution < -0.4 is 15.8 Å². The zero-order valence-electron chi connectivity index (χ0n) is 15.4. The first kappa shape index (κ1) is 18.0. The Hall–Kier alpha value is -2.76. The lowest BCUT2D eigenvalue weighted by molar-refractivity contribution is -0.131. The van der Waals surface area contributed by atoms with E-state index in [-0.39, 0.29) is 11.9 Å². The summed E-state index contributed by atoms with van der Waals surface area (Å²) in [6.07, 6.45) is 3.90. The highest BCUT2D eigenvalue weighted by Gasteiger charge is 2.24. The molecule has 0 radical (unpaired) electrons. The predicted molar refractivity (Wildman–Crippen MR) is 103 cm³/mol. The third kappa shape index (κ3) is 4.25. The molecule has 3 rings (SSSR count). The minimum atomic E-state index is 0.0693. The molecule has 2 aromatic rings. The Kier molecular flexibility index (Phi) is 5.61. The maximum absolute atomic E-state index is 12.0. The first-order valence-electron chi connectivity index (χ1n) is 9.01. The molecule has 6 heteroatoms. The fourth-order valence-electron chi connectivity index (χ4n) is 3.14. The zero-order valence-corrected chi connectivity index (χ0v) is 15.4. The molecule has 3 N–H and O–H groups in total. The van der Waals surface area contributed by atoms with Crippen LogP contribution in [-0.2, 0) is 11.2 Å². The summed E-state index contributed by atoms with van der Waals surface area (Å²) >= 11 is 0. The van der Waals surface area contributed by atoms with Crippen molar-refractivity contribution in [2.45, 2.75) is 32.2 Å². The summed E-state index contributed by atoms with van der Waals surface area (Å²) in [5.41, 5.74) is 8.84. The Bertz CT molecular complexity index is 778. The van der Waals surface area contributed by atoms with E-state index >= 15 is 0 Å². The first-order chi connectivity index (χ1) is 12.5. The van der Waals surface area contributed by atoms with Crippen molar-refractivity contribution < 1.29 is 9.53 Å². The molecular formula is C20H26N4O2. The number of hydrogen-bond donors (Lipinski definition) is 2. The van der Waals surface area contributed by atoms with Crippen molar-refractivity contribution in [3.05, 3.63) is 47.7 Å². The van der Waals surface area contributed by atoms with Crippen molar-refractivity contribution >= 4 is 17.4 Å². The Labute approximate surface area is 154 Å². The van der Waals surface area contributed by atoms with Crippen LogP contribution in [0.1, 0.15) is 36.9 Å². The summed E-state index contributed by atoms with van der Waals surface area (Å²) in [4.78, 5) is 18.1. The number of nitrogens with two attached hydrogens (primary N) is 1. The Morgan fingerprint density at radius 3 is 2.96 bits per heavy atom. The van der Waals surface area contributed by atoms with Gasteiger partial charge in [0.05, 0.1) is 12.6 Å². The van der Waals surface area contributed by atoms with Gasteiger partial charge in [-0.05, 0) is 49.1 Å². The molecule has 6 nitrogen and oxygen atoms in total. The molecule has 0 aliphatic carbocycles. The minimum Gasteiger partial charge on any atom is -0.494 e. The van der Waals surface area contributed by atoms with Crippen LogP contribution in [-0.4, -0.2) is 36.0 Å². The lowest BCUT2D eigenvalue weighted by Crippen LogP contribution is -2.27. The van der Waals surface area contributed by atoms with Crippen molar-refractivity contribution in [2.24, 2.45) is 0 Å². The maximum Gasteiger partial charge on any atom is 0.223 e. The molecule has 138 valence electrons. The van der Waals surface area contributed by atoms with Gasteiger partial charge in [0.1, 0.15) is 11.6 Å². The van der Waals surface area contributed by atoms with Crippen molar-refractivity contribution in [2.75, 3.05) is 31.2 Å². The molecule has 1 aliphatic heterocycles. The number of rotatable bonds is 6. The fourth-order valence-corrected chi connectivity index (χ4v) is 3.14. The molecule has 0 fully saturated rings.